The number of para-hydroxylation sites is 1. The number of primary amides is 1. The Morgan fingerprint density at radius 3 is 2.39 bits per heavy atom. The highest BCUT2D eigenvalue weighted by Crippen LogP contribution is 2.27. The first-order valence-electron chi connectivity index (χ1n) is 6.75. The molecule has 114 valence electrons. The van der Waals surface area contributed by atoms with Crippen LogP contribution in [0.3, 0.4) is 0 Å². The Balaban J connectivity index is 2.02. The van der Waals surface area contributed by atoms with Gasteiger partial charge in [-0.15, -0.1) is 0 Å². The van der Waals surface area contributed by atoms with Crippen LogP contribution in [0.4, 0.5) is 0 Å². The molecular formula is C17H12N2O4. The van der Waals surface area contributed by atoms with Gasteiger partial charge in [0.05, 0.1) is 11.1 Å². The highest BCUT2D eigenvalue weighted by atomic mass is 16.5. The van der Waals surface area contributed by atoms with Crippen molar-refractivity contribution in [1.82, 2.24) is 4.98 Å². The molecule has 6 heteroatoms. The lowest BCUT2D eigenvalue weighted by atomic mass is 10.1. The normalized spacial score (nSPS) is 10.4. The van der Waals surface area contributed by atoms with E-state index in [1.54, 1.807) is 12.1 Å². The number of rotatable bonds is 4. The Kier molecular flexibility index (Phi) is 3.64. The van der Waals surface area contributed by atoms with Crippen molar-refractivity contribution in [3.63, 3.8) is 0 Å². The maximum atomic E-state index is 11.6. The number of aromatic carboxylic acids is 1. The van der Waals surface area contributed by atoms with E-state index in [-0.39, 0.29) is 17.0 Å². The third kappa shape index (κ3) is 2.96. The van der Waals surface area contributed by atoms with Gasteiger partial charge in [-0.2, -0.15) is 0 Å². The van der Waals surface area contributed by atoms with Gasteiger partial charge in [0.25, 0.3) is 5.91 Å². The molecule has 1 amide bonds. The number of carbonyl (C=O) groups is 2. The Morgan fingerprint density at radius 2 is 1.74 bits per heavy atom. The van der Waals surface area contributed by atoms with Crippen molar-refractivity contribution in [3.8, 4) is 11.6 Å². The summed E-state index contributed by atoms with van der Waals surface area (Å²) in [5.41, 5.74) is 6.34. The highest BCUT2D eigenvalue weighted by molar-refractivity contribution is 5.98. The maximum absolute atomic E-state index is 11.6. The molecule has 3 rings (SSSR count). The summed E-state index contributed by atoms with van der Waals surface area (Å²) in [5.74, 6) is -1.24. The van der Waals surface area contributed by atoms with Crippen molar-refractivity contribution in [3.05, 3.63) is 65.7 Å². The number of carboxylic acid groups (broad SMARTS) is 1. The number of hydrogen-bond donors (Lipinski definition) is 2. The number of aromatic nitrogens is 1. The van der Waals surface area contributed by atoms with Crippen molar-refractivity contribution in [2.75, 3.05) is 0 Å². The zero-order valence-corrected chi connectivity index (χ0v) is 11.9. The standard InChI is InChI=1S/C17H12N2O4/c18-15(20)13-9-11-3-1-2-4-14(11)19-16(13)23-12-7-5-10(6-8-12)17(21)22/h1-9H,(H2,18,20)(H,21,22). The summed E-state index contributed by atoms with van der Waals surface area (Å²) in [4.78, 5) is 26.8. The second-order valence-electron chi connectivity index (χ2n) is 4.83. The van der Waals surface area contributed by atoms with E-state index in [1.807, 2.05) is 18.2 Å². The molecule has 0 aliphatic rings. The van der Waals surface area contributed by atoms with Crippen LogP contribution in [0.2, 0.25) is 0 Å². The van der Waals surface area contributed by atoms with Gasteiger partial charge in [-0.25, -0.2) is 9.78 Å². The van der Waals surface area contributed by atoms with Crippen molar-refractivity contribution in [2.45, 2.75) is 0 Å². The van der Waals surface area contributed by atoms with Crippen LogP contribution in [0.25, 0.3) is 10.9 Å². The zero-order valence-electron chi connectivity index (χ0n) is 11.9. The molecule has 23 heavy (non-hydrogen) atoms. The van der Waals surface area contributed by atoms with E-state index in [9.17, 15) is 9.59 Å². The van der Waals surface area contributed by atoms with Crippen LogP contribution in [0.1, 0.15) is 20.7 Å². The second-order valence-corrected chi connectivity index (χ2v) is 4.83. The predicted octanol–water partition coefficient (Wildman–Crippen LogP) is 2.82. The van der Waals surface area contributed by atoms with E-state index in [1.165, 1.54) is 24.3 Å². The molecule has 0 saturated carbocycles. The van der Waals surface area contributed by atoms with Gasteiger partial charge >= 0.3 is 5.97 Å². The van der Waals surface area contributed by atoms with Crippen molar-refractivity contribution >= 4 is 22.8 Å². The SMILES string of the molecule is NC(=O)c1cc2ccccc2nc1Oc1ccc(C(=O)O)cc1. The van der Waals surface area contributed by atoms with Crippen LogP contribution in [0.15, 0.2) is 54.6 Å². The molecule has 0 saturated heterocycles. The summed E-state index contributed by atoms with van der Waals surface area (Å²) in [6.45, 7) is 0. The number of hydrogen-bond acceptors (Lipinski definition) is 4. The number of benzene rings is 2. The van der Waals surface area contributed by atoms with Gasteiger partial charge in [0, 0.05) is 5.39 Å². The quantitative estimate of drug-likeness (QED) is 0.771. The molecular weight excluding hydrogens is 296 g/mol. The lowest BCUT2D eigenvalue weighted by Gasteiger charge is -2.10. The molecule has 2 aromatic carbocycles. The third-order valence-corrected chi connectivity index (χ3v) is 3.27. The van der Waals surface area contributed by atoms with E-state index >= 15 is 0 Å². The lowest BCUT2D eigenvalue weighted by Crippen LogP contribution is -2.13. The number of ether oxygens (including phenoxy) is 1. The summed E-state index contributed by atoms with van der Waals surface area (Å²) in [5, 5.41) is 9.66. The van der Waals surface area contributed by atoms with Crippen LogP contribution in [0, 0.1) is 0 Å². The summed E-state index contributed by atoms with van der Waals surface area (Å²) >= 11 is 0. The minimum absolute atomic E-state index is 0.0827. The van der Waals surface area contributed by atoms with Crippen molar-refractivity contribution in [1.29, 1.82) is 0 Å². The zero-order chi connectivity index (χ0) is 16.4. The van der Waals surface area contributed by atoms with Crippen LogP contribution in [-0.4, -0.2) is 22.0 Å². The Labute approximate surface area is 131 Å². The van der Waals surface area contributed by atoms with Crippen molar-refractivity contribution in [2.24, 2.45) is 5.73 Å². The summed E-state index contributed by atoms with van der Waals surface area (Å²) in [6.07, 6.45) is 0. The smallest absolute Gasteiger partial charge is 0.335 e. The van der Waals surface area contributed by atoms with Gasteiger partial charge < -0.3 is 15.6 Å². The average molecular weight is 308 g/mol. The molecule has 1 heterocycles. The number of fused-ring (bicyclic) bond motifs is 1. The first-order chi connectivity index (χ1) is 11.0. The minimum Gasteiger partial charge on any atom is -0.478 e. The topological polar surface area (TPSA) is 103 Å². The first kappa shape index (κ1) is 14.5. The van der Waals surface area contributed by atoms with Gasteiger partial charge in [0.15, 0.2) is 0 Å². The number of carboxylic acids is 1. The summed E-state index contributed by atoms with van der Waals surface area (Å²) in [6, 6.07) is 14.7. The molecule has 3 aromatic rings. The second kappa shape index (κ2) is 5.76. The first-order valence-corrected chi connectivity index (χ1v) is 6.75. The number of amides is 1. The molecule has 0 atom stereocenters. The van der Waals surface area contributed by atoms with Gasteiger partial charge in [-0.3, -0.25) is 4.79 Å². The van der Waals surface area contributed by atoms with Gasteiger partial charge in [-0.05, 0) is 36.4 Å². The molecule has 0 radical (unpaired) electrons. The number of nitrogens with zero attached hydrogens (tertiary/aromatic N) is 1. The largest absolute Gasteiger partial charge is 0.478 e. The van der Waals surface area contributed by atoms with E-state index in [0.29, 0.717) is 11.3 Å². The van der Waals surface area contributed by atoms with Crippen molar-refractivity contribution < 1.29 is 19.4 Å². The molecule has 0 fully saturated rings. The molecule has 0 spiro atoms. The lowest BCUT2D eigenvalue weighted by molar-refractivity contribution is 0.0696. The van der Waals surface area contributed by atoms with Crippen LogP contribution in [0.5, 0.6) is 11.6 Å². The number of pyridine rings is 1. The maximum Gasteiger partial charge on any atom is 0.335 e. The Morgan fingerprint density at radius 1 is 1.04 bits per heavy atom. The molecule has 3 N–H and O–H groups in total. The fraction of sp³-hybridized carbons (Fsp3) is 0. The summed E-state index contributed by atoms with van der Waals surface area (Å²) in [7, 11) is 0. The van der Waals surface area contributed by atoms with E-state index in [0.717, 1.165) is 5.39 Å². The third-order valence-electron chi connectivity index (χ3n) is 3.27. The van der Waals surface area contributed by atoms with Gasteiger partial charge in [0.2, 0.25) is 5.88 Å². The molecule has 0 aliphatic heterocycles. The fourth-order valence-corrected chi connectivity index (χ4v) is 2.13. The van der Waals surface area contributed by atoms with E-state index in [2.05, 4.69) is 4.98 Å². The van der Waals surface area contributed by atoms with Gasteiger partial charge in [0.1, 0.15) is 11.3 Å². The molecule has 0 unspecified atom stereocenters. The highest BCUT2D eigenvalue weighted by Gasteiger charge is 2.14. The van der Waals surface area contributed by atoms with E-state index < -0.39 is 11.9 Å². The van der Waals surface area contributed by atoms with Crippen LogP contribution in [-0.2, 0) is 0 Å². The average Bonchev–Trinajstić information content (AvgIpc) is 2.54. The Bertz CT molecular complexity index is 904. The molecule has 0 aliphatic carbocycles. The Hall–Kier alpha value is -3.41. The molecule has 0 bridgehead atoms. The number of nitrogens with two attached hydrogens (primary N) is 1. The van der Waals surface area contributed by atoms with Gasteiger partial charge in [-0.1, -0.05) is 18.2 Å². The monoisotopic (exact) mass is 308 g/mol. The van der Waals surface area contributed by atoms with Crippen LogP contribution >= 0.6 is 0 Å². The molecule has 1 aromatic heterocycles. The van der Waals surface area contributed by atoms with E-state index in [4.69, 9.17) is 15.6 Å². The predicted molar refractivity (Wildman–Crippen MR) is 83.7 cm³/mol. The number of carbonyl (C=O) groups excluding carboxylic acids is 1. The summed E-state index contributed by atoms with van der Waals surface area (Å²) < 4.78 is 5.61. The van der Waals surface area contributed by atoms with Crippen LogP contribution < -0.4 is 10.5 Å². The molecule has 6 nitrogen and oxygen atoms in total. The minimum atomic E-state index is -1.03. The fourth-order valence-electron chi connectivity index (χ4n) is 2.13.